The molecule has 1 aliphatic rings. The highest BCUT2D eigenvalue weighted by atomic mass is 79.9. The van der Waals surface area contributed by atoms with Gasteiger partial charge in [0.15, 0.2) is 0 Å². The Morgan fingerprint density at radius 2 is 2.04 bits per heavy atom. The van der Waals surface area contributed by atoms with E-state index in [0.29, 0.717) is 13.0 Å². The van der Waals surface area contributed by atoms with Crippen LogP contribution < -0.4 is 10.1 Å². The van der Waals surface area contributed by atoms with Gasteiger partial charge in [-0.1, -0.05) is 15.9 Å². The maximum absolute atomic E-state index is 12.4. The van der Waals surface area contributed by atoms with Gasteiger partial charge in [0.1, 0.15) is 11.3 Å². The number of nitrogens with one attached hydrogen (secondary N) is 1. The van der Waals surface area contributed by atoms with Crippen LogP contribution in [0.2, 0.25) is 0 Å². The van der Waals surface area contributed by atoms with Crippen LogP contribution in [0, 0.1) is 0 Å². The number of hydrogen-bond acceptors (Lipinski definition) is 4. The van der Waals surface area contributed by atoms with Gasteiger partial charge < -0.3 is 15.0 Å². The first kappa shape index (κ1) is 20.2. The van der Waals surface area contributed by atoms with Crippen molar-refractivity contribution in [3.63, 3.8) is 0 Å². The number of imide groups is 1. The SMILES string of the molecule is COc1ccc(Br)cc1CN(C)C(=O)CCCN1C(=O)NC(C)(C)C1=O. The highest BCUT2D eigenvalue weighted by Gasteiger charge is 2.43. The Labute approximate surface area is 161 Å². The van der Waals surface area contributed by atoms with E-state index >= 15 is 0 Å². The molecule has 26 heavy (non-hydrogen) atoms. The topological polar surface area (TPSA) is 79.0 Å². The smallest absolute Gasteiger partial charge is 0.325 e. The second-order valence-electron chi connectivity index (χ2n) is 6.82. The van der Waals surface area contributed by atoms with Crippen LogP contribution in [-0.2, 0) is 16.1 Å². The molecule has 0 saturated carbocycles. The average molecular weight is 426 g/mol. The highest BCUT2D eigenvalue weighted by Crippen LogP contribution is 2.24. The second-order valence-corrected chi connectivity index (χ2v) is 7.74. The van der Waals surface area contributed by atoms with E-state index in [2.05, 4.69) is 21.2 Å². The van der Waals surface area contributed by atoms with E-state index in [4.69, 9.17) is 4.74 Å². The van der Waals surface area contributed by atoms with Gasteiger partial charge in [-0.2, -0.15) is 0 Å². The molecule has 0 radical (unpaired) electrons. The third-order valence-electron chi connectivity index (χ3n) is 4.29. The zero-order chi connectivity index (χ0) is 19.5. The number of hydrogen-bond donors (Lipinski definition) is 1. The molecule has 7 nitrogen and oxygen atoms in total. The lowest BCUT2D eigenvalue weighted by Crippen LogP contribution is -2.40. The number of urea groups is 1. The molecule has 0 aliphatic carbocycles. The van der Waals surface area contributed by atoms with Gasteiger partial charge in [0.2, 0.25) is 5.91 Å². The monoisotopic (exact) mass is 425 g/mol. The summed E-state index contributed by atoms with van der Waals surface area (Å²) in [7, 11) is 3.31. The maximum Gasteiger partial charge on any atom is 0.325 e. The summed E-state index contributed by atoms with van der Waals surface area (Å²) in [4.78, 5) is 39.1. The number of carbonyl (C=O) groups excluding carboxylic acids is 3. The lowest BCUT2D eigenvalue weighted by atomic mass is 10.1. The second kappa shape index (κ2) is 8.07. The fourth-order valence-corrected chi connectivity index (χ4v) is 3.22. The Morgan fingerprint density at radius 3 is 2.62 bits per heavy atom. The van der Waals surface area contributed by atoms with Gasteiger partial charge >= 0.3 is 6.03 Å². The zero-order valence-electron chi connectivity index (χ0n) is 15.5. The van der Waals surface area contributed by atoms with E-state index in [1.165, 1.54) is 4.90 Å². The Morgan fingerprint density at radius 1 is 1.35 bits per heavy atom. The molecule has 1 aliphatic heterocycles. The van der Waals surface area contributed by atoms with Crippen molar-refractivity contribution in [3.8, 4) is 5.75 Å². The predicted octanol–water partition coefficient (Wildman–Crippen LogP) is 2.53. The van der Waals surface area contributed by atoms with Crippen LogP contribution >= 0.6 is 15.9 Å². The van der Waals surface area contributed by atoms with Gasteiger partial charge in [0.05, 0.1) is 7.11 Å². The zero-order valence-corrected chi connectivity index (χ0v) is 17.1. The van der Waals surface area contributed by atoms with Crippen molar-refractivity contribution in [3.05, 3.63) is 28.2 Å². The summed E-state index contributed by atoms with van der Waals surface area (Å²) in [5.41, 5.74) is 0.0170. The Balaban J connectivity index is 1.87. The number of nitrogens with zero attached hydrogens (tertiary/aromatic N) is 2. The van der Waals surface area contributed by atoms with Gasteiger partial charge in [0, 0.05) is 36.6 Å². The van der Waals surface area contributed by atoms with E-state index < -0.39 is 11.6 Å². The Bertz CT molecular complexity index is 720. The van der Waals surface area contributed by atoms with Crippen molar-refractivity contribution in [2.24, 2.45) is 0 Å². The molecule has 1 saturated heterocycles. The Kier molecular flexibility index (Phi) is 6.28. The van der Waals surface area contributed by atoms with E-state index in [9.17, 15) is 14.4 Å². The molecular weight excluding hydrogens is 402 g/mol. The summed E-state index contributed by atoms with van der Waals surface area (Å²) in [5, 5.41) is 2.63. The van der Waals surface area contributed by atoms with Gasteiger partial charge in [-0.3, -0.25) is 14.5 Å². The summed E-state index contributed by atoms with van der Waals surface area (Å²) in [5.74, 6) is 0.398. The van der Waals surface area contributed by atoms with Crippen molar-refractivity contribution >= 4 is 33.8 Å². The molecule has 0 unspecified atom stereocenters. The summed E-state index contributed by atoms with van der Waals surface area (Å²) in [6.07, 6.45) is 0.679. The van der Waals surface area contributed by atoms with Crippen LogP contribution in [0.5, 0.6) is 5.75 Å². The third-order valence-corrected chi connectivity index (χ3v) is 4.79. The molecule has 142 valence electrons. The van der Waals surface area contributed by atoms with Crippen LogP contribution in [0.4, 0.5) is 4.79 Å². The van der Waals surface area contributed by atoms with Crippen molar-refractivity contribution in [1.29, 1.82) is 0 Å². The molecule has 1 aromatic carbocycles. The first-order valence-electron chi connectivity index (χ1n) is 8.36. The number of halogens is 1. The quantitative estimate of drug-likeness (QED) is 0.680. The summed E-state index contributed by atoms with van der Waals surface area (Å²) < 4.78 is 6.24. The van der Waals surface area contributed by atoms with E-state index in [1.54, 1.807) is 32.9 Å². The van der Waals surface area contributed by atoms with Crippen molar-refractivity contribution in [2.75, 3.05) is 20.7 Å². The molecule has 2 rings (SSSR count). The Hall–Kier alpha value is -2.09. The van der Waals surface area contributed by atoms with Gasteiger partial charge in [-0.05, 0) is 38.5 Å². The van der Waals surface area contributed by atoms with Gasteiger partial charge in [-0.25, -0.2) is 4.79 Å². The minimum absolute atomic E-state index is 0.0571. The van der Waals surface area contributed by atoms with Crippen molar-refractivity contribution in [2.45, 2.75) is 38.8 Å². The molecule has 0 aromatic heterocycles. The number of carbonyl (C=O) groups is 3. The molecule has 0 spiro atoms. The van der Waals surface area contributed by atoms with Gasteiger partial charge in [-0.15, -0.1) is 0 Å². The minimum atomic E-state index is -0.880. The molecule has 1 heterocycles. The normalized spacial score (nSPS) is 15.8. The van der Waals surface area contributed by atoms with E-state index in [1.807, 2.05) is 18.2 Å². The molecular formula is C18H24BrN3O4. The number of ether oxygens (including phenoxy) is 1. The van der Waals surface area contributed by atoms with Crippen LogP contribution in [0.1, 0.15) is 32.3 Å². The summed E-state index contributed by atoms with van der Waals surface area (Å²) in [6.45, 7) is 3.97. The molecule has 8 heteroatoms. The van der Waals surface area contributed by atoms with Crippen LogP contribution in [0.3, 0.4) is 0 Å². The lowest BCUT2D eigenvalue weighted by molar-refractivity contribution is -0.132. The van der Waals surface area contributed by atoms with Crippen LogP contribution in [0.25, 0.3) is 0 Å². The van der Waals surface area contributed by atoms with E-state index in [-0.39, 0.29) is 24.8 Å². The molecule has 1 fully saturated rings. The average Bonchev–Trinajstić information content (AvgIpc) is 2.76. The third kappa shape index (κ3) is 4.55. The number of benzene rings is 1. The van der Waals surface area contributed by atoms with Crippen molar-refractivity contribution in [1.82, 2.24) is 15.1 Å². The van der Waals surface area contributed by atoms with E-state index in [0.717, 1.165) is 15.8 Å². The number of methoxy groups -OCH3 is 1. The molecule has 1 aromatic rings. The first-order chi connectivity index (χ1) is 12.2. The fourth-order valence-electron chi connectivity index (χ4n) is 2.81. The largest absolute Gasteiger partial charge is 0.496 e. The lowest BCUT2D eigenvalue weighted by Gasteiger charge is -2.20. The standard InChI is InChI=1S/C18H24BrN3O4/c1-18(2)16(24)22(17(25)20-18)9-5-6-15(23)21(3)11-12-10-13(19)7-8-14(12)26-4/h7-8,10H,5-6,9,11H2,1-4H3,(H,20,25). The van der Waals surface area contributed by atoms with Crippen LogP contribution in [-0.4, -0.2) is 53.9 Å². The maximum atomic E-state index is 12.4. The molecule has 1 N–H and O–H groups in total. The summed E-state index contributed by atoms with van der Waals surface area (Å²) in [6, 6.07) is 5.23. The molecule has 4 amide bonds. The highest BCUT2D eigenvalue weighted by molar-refractivity contribution is 9.10. The van der Waals surface area contributed by atoms with Crippen molar-refractivity contribution < 1.29 is 19.1 Å². The number of amides is 4. The van der Waals surface area contributed by atoms with Crippen LogP contribution in [0.15, 0.2) is 22.7 Å². The first-order valence-corrected chi connectivity index (χ1v) is 9.15. The minimum Gasteiger partial charge on any atom is -0.496 e. The summed E-state index contributed by atoms with van der Waals surface area (Å²) >= 11 is 3.42. The predicted molar refractivity (Wildman–Crippen MR) is 101 cm³/mol. The molecule has 0 bridgehead atoms. The number of rotatable bonds is 7. The van der Waals surface area contributed by atoms with Gasteiger partial charge in [0.25, 0.3) is 5.91 Å². The fraction of sp³-hybridized carbons (Fsp3) is 0.500. The molecule has 0 atom stereocenters.